The smallest absolute Gasteiger partial charge is 0.149 e. The molecule has 2 aliphatic carbocycles. The third-order valence-electron chi connectivity index (χ3n) is 4.23. The van der Waals surface area contributed by atoms with E-state index in [1.807, 2.05) is 0 Å². The fraction of sp³-hybridized carbons (Fsp3) is 0.929. The highest BCUT2D eigenvalue weighted by atomic mass is 16.1. The van der Waals surface area contributed by atoms with Crippen LogP contribution in [0.25, 0.3) is 0 Å². The molecule has 0 aromatic carbocycles. The van der Waals surface area contributed by atoms with Crippen LogP contribution in [0.4, 0.5) is 0 Å². The van der Waals surface area contributed by atoms with Gasteiger partial charge in [0.25, 0.3) is 0 Å². The first-order chi connectivity index (χ1) is 7.86. The first-order valence-electron chi connectivity index (χ1n) is 7.12. The van der Waals surface area contributed by atoms with E-state index in [2.05, 4.69) is 5.32 Å². The molecule has 0 amide bonds. The average molecular weight is 223 g/mol. The van der Waals surface area contributed by atoms with Gasteiger partial charge in [-0.1, -0.05) is 38.5 Å². The molecule has 0 saturated heterocycles. The zero-order valence-electron chi connectivity index (χ0n) is 10.3. The molecule has 2 fully saturated rings. The normalized spacial score (nSPS) is 24.5. The number of carbonyl (C=O) groups is 1. The van der Waals surface area contributed by atoms with E-state index in [0.29, 0.717) is 24.3 Å². The summed E-state index contributed by atoms with van der Waals surface area (Å²) >= 11 is 0. The van der Waals surface area contributed by atoms with Gasteiger partial charge in [0.05, 0.1) is 6.54 Å². The number of carbonyl (C=O) groups excluding carboxylic acids is 1. The summed E-state index contributed by atoms with van der Waals surface area (Å²) in [4.78, 5) is 12.0. The van der Waals surface area contributed by atoms with E-state index in [9.17, 15) is 4.79 Å². The highest BCUT2D eigenvalue weighted by Gasteiger charge is 2.21. The van der Waals surface area contributed by atoms with Crippen LogP contribution < -0.4 is 5.32 Å². The van der Waals surface area contributed by atoms with Gasteiger partial charge >= 0.3 is 0 Å². The minimum atomic E-state index is 0.372. The van der Waals surface area contributed by atoms with Crippen LogP contribution in [0.3, 0.4) is 0 Å². The molecule has 16 heavy (non-hydrogen) atoms. The summed E-state index contributed by atoms with van der Waals surface area (Å²) in [7, 11) is 0. The monoisotopic (exact) mass is 223 g/mol. The Kier molecular flexibility index (Phi) is 4.83. The van der Waals surface area contributed by atoms with Gasteiger partial charge in [-0.25, -0.2) is 0 Å². The fourth-order valence-electron chi connectivity index (χ4n) is 3.12. The molecule has 0 atom stereocenters. The molecule has 0 radical (unpaired) electrons. The Hall–Kier alpha value is -0.370. The van der Waals surface area contributed by atoms with Gasteiger partial charge in [0, 0.05) is 12.0 Å². The van der Waals surface area contributed by atoms with Crippen molar-refractivity contribution in [2.75, 3.05) is 6.54 Å². The van der Waals surface area contributed by atoms with Crippen molar-refractivity contribution in [2.24, 2.45) is 5.92 Å². The van der Waals surface area contributed by atoms with Crippen molar-refractivity contribution in [3.63, 3.8) is 0 Å². The Bertz CT molecular complexity index is 213. The summed E-state index contributed by atoms with van der Waals surface area (Å²) in [5, 5.41) is 3.45. The van der Waals surface area contributed by atoms with E-state index in [4.69, 9.17) is 0 Å². The summed E-state index contributed by atoms with van der Waals surface area (Å²) in [6.45, 7) is 0.634. The fourth-order valence-corrected chi connectivity index (χ4v) is 3.12. The highest BCUT2D eigenvalue weighted by molar-refractivity contribution is 5.83. The maximum Gasteiger partial charge on any atom is 0.149 e. The Labute approximate surface area is 99.2 Å². The van der Waals surface area contributed by atoms with Crippen molar-refractivity contribution in [3.8, 4) is 0 Å². The van der Waals surface area contributed by atoms with E-state index in [1.165, 1.54) is 51.4 Å². The Morgan fingerprint density at radius 3 is 2.06 bits per heavy atom. The summed E-state index contributed by atoms with van der Waals surface area (Å²) in [5.74, 6) is 0.852. The number of hydrogen-bond acceptors (Lipinski definition) is 2. The highest BCUT2D eigenvalue weighted by Crippen LogP contribution is 2.23. The summed E-state index contributed by atoms with van der Waals surface area (Å²) in [6.07, 6.45) is 12.7. The van der Waals surface area contributed by atoms with Crippen molar-refractivity contribution in [3.05, 3.63) is 0 Å². The molecule has 0 aliphatic heterocycles. The van der Waals surface area contributed by atoms with Crippen LogP contribution in [0.2, 0.25) is 0 Å². The standard InChI is InChI=1S/C14H25NO/c16-14(11-15-13-9-5-6-10-13)12-7-3-1-2-4-8-12/h12-13,15H,1-11H2. The number of nitrogens with one attached hydrogen (secondary N) is 1. The van der Waals surface area contributed by atoms with Crippen molar-refractivity contribution in [1.82, 2.24) is 5.32 Å². The van der Waals surface area contributed by atoms with Crippen molar-refractivity contribution in [1.29, 1.82) is 0 Å². The van der Waals surface area contributed by atoms with Gasteiger partial charge in [0.2, 0.25) is 0 Å². The second-order valence-corrected chi connectivity index (χ2v) is 5.52. The number of Topliss-reactive ketones (excluding diaryl/α,β-unsaturated/α-hetero) is 1. The van der Waals surface area contributed by atoms with Gasteiger partial charge in [0.1, 0.15) is 5.78 Å². The minimum absolute atomic E-state index is 0.372. The summed E-state index contributed by atoms with van der Waals surface area (Å²) in [5.41, 5.74) is 0. The molecule has 0 aromatic rings. The van der Waals surface area contributed by atoms with Gasteiger partial charge < -0.3 is 5.32 Å². The first kappa shape index (κ1) is 12.1. The van der Waals surface area contributed by atoms with Crippen LogP contribution in [0.15, 0.2) is 0 Å². The Morgan fingerprint density at radius 1 is 0.875 bits per heavy atom. The van der Waals surface area contributed by atoms with Crippen LogP contribution in [0, 0.1) is 5.92 Å². The molecule has 2 saturated carbocycles. The molecular weight excluding hydrogens is 198 g/mol. The van der Waals surface area contributed by atoms with Gasteiger partial charge in [-0.2, -0.15) is 0 Å². The lowest BCUT2D eigenvalue weighted by Gasteiger charge is -2.16. The van der Waals surface area contributed by atoms with Gasteiger partial charge in [-0.15, -0.1) is 0 Å². The molecule has 0 spiro atoms. The molecule has 2 aliphatic rings. The summed E-state index contributed by atoms with van der Waals surface area (Å²) in [6, 6.07) is 0.634. The predicted octanol–water partition coefficient (Wildman–Crippen LogP) is 3.06. The lowest BCUT2D eigenvalue weighted by Crippen LogP contribution is -2.34. The maximum absolute atomic E-state index is 12.0. The van der Waals surface area contributed by atoms with E-state index >= 15 is 0 Å². The lowest BCUT2D eigenvalue weighted by atomic mass is 9.95. The van der Waals surface area contributed by atoms with Crippen molar-refractivity contribution in [2.45, 2.75) is 70.3 Å². The molecule has 0 aromatic heterocycles. The molecule has 2 heteroatoms. The molecule has 1 N–H and O–H groups in total. The first-order valence-corrected chi connectivity index (χ1v) is 7.12. The number of rotatable bonds is 4. The Morgan fingerprint density at radius 2 is 1.44 bits per heavy atom. The number of ketones is 1. The van der Waals surface area contributed by atoms with Crippen LogP contribution in [0.5, 0.6) is 0 Å². The largest absolute Gasteiger partial charge is 0.307 e. The minimum Gasteiger partial charge on any atom is -0.307 e. The molecule has 2 nitrogen and oxygen atoms in total. The summed E-state index contributed by atoms with van der Waals surface area (Å²) < 4.78 is 0. The van der Waals surface area contributed by atoms with Crippen LogP contribution >= 0.6 is 0 Å². The van der Waals surface area contributed by atoms with E-state index in [0.717, 1.165) is 12.8 Å². The van der Waals surface area contributed by atoms with Crippen LogP contribution in [0.1, 0.15) is 64.2 Å². The molecule has 92 valence electrons. The van der Waals surface area contributed by atoms with Gasteiger partial charge in [-0.05, 0) is 25.7 Å². The Balaban J connectivity index is 1.69. The molecule has 0 heterocycles. The van der Waals surface area contributed by atoms with Gasteiger partial charge in [-0.3, -0.25) is 4.79 Å². The van der Waals surface area contributed by atoms with Crippen molar-refractivity contribution < 1.29 is 4.79 Å². The number of hydrogen-bond donors (Lipinski definition) is 1. The second-order valence-electron chi connectivity index (χ2n) is 5.52. The lowest BCUT2D eigenvalue weighted by molar-refractivity contribution is -0.122. The van der Waals surface area contributed by atoms with E-state index < -0.39 is 0 Å². The molecule has 2 rings (SSSR count). The SMILES string of the molecule is O=C(CNC1CCCC1)C1CCCCCC1. The third-order valence-corrected chi connectivity index (χ3v) is 4.23. The topological polar surface area (TPSA) is 29.1 Å². The molecular formula is C14H25NO. The van der Waals surface area contributed by atoms with E-state index in [-0.39, 0.29) is 0 Å². The second kappa shape index (κ2) is 6.39. The quantitative estimate of drug-likeness (QED) is 0.742. The molecule has 0 unspecified atom stereocenters. The van der Waals surface area contributed by atoms with E-state index in [1.54, 1.807) is 0 Å². The zero-order valence-corrected chi connectivity index (χ0v) is 10.3. The predicted molar refractivity (Wildman–Crippen MR) is 66.5 cm³/mol. The maximum atomic E-state index is 12.0. The molecule has 0 bridgehead atoms. The van der Waals surface area contributed by atoms with Crippen molar-refractivity contribution >= 4 is 5.78 Å². The van der Waals surface area contributed by atoms with Crippen LogP contribution in [-0.4, -0.2) is 18.4 Å². The van der Waals surface area contributed by atoms with Gasteiger partial charge in [0.15, 0.2) is 0 Å². The zero-order chi connectivity index (χ0) is 11.2. The third kappa shape index (κ3) is 3.58. The average Bonchev–Trinajstić information content (AvgIpc) is 2.66. The van der Waals surface area contributed by atoms with Crippen LogP contribution in [-0.2, 0) is 4.79 Å².